The molecule has 1 N–H and O–H groups in total. The van der Waals surface area contributed by atoms with Gasteiger partial charge in [0.05, 0.1) is 25.3 Å². The van der Waals surface area contributed by atoms with Crippen molar-refractivity contribution in [1.82, 2.24) is 14.4 Å². The summed E-state index contributed by atoms with van der Waals surface area (Å²) in [6.45, 7) is 3.48. The highest BCUT2D eigenvalue weighted by atomic mass is 19.1. The average Bonchev–Trinajstić information content (AvgIpc) is 3.67. The van der Waals surface area contributed by atoms with Gasteiger partial charge in [-0.2, -0.15) is 0 Å². The van der Waals surface area contributed by atoms with Gasteiger partial charge in [-0.1, -0.05) is 6.07 Å². The number of piperidine rings is 1. The molecule has 3 aliphatic rings. The fourth-order valence-corrected chi connectivity index (χ4v) is 6.60. The number of rotatable bonds is 5. The standard InChI is InChI=1S/C29H34FN3O3/c1-31-24-15-22(36-2)8-9-23(24)26-27(31)25(17-34)33(28(35)20-4-3-5-21(30)14-20)18-29(26)10-12-32(13-11-29)16-19-6-7-19/h3-5,8-9,14-15,19,25,34H,6-7,10-13,16-18H2,1-2H3/t25-/m0/s1. The van der Waals surface area contributed by atoms with Crippen molar-refractivity contribution in [3.63, 3.8) is 0 Å². The minimum Gasteiger partial charge on any atom is -0.497 e. The van der Waals surface area contributed by atoms with Gasteiger partial charge in [-0.25, -0.2) is 4.39 Å². The third-order valence-electron chi connectivity index (χ3n) is 8.68. The van der Waals surface area contributed by atoms with Gasteiger partial charge in [0, 0.05) is 48.3 Å². The summed E-state index contributed by atoms with van der Waals surface area (Å²) in [4.78, 5) is 18.2. The SMILES string of the molecule is COc1ccc2c3c(n(C)c2c1)[C@H](CO)N(C(=O)c1cccc(F)c1)CC31CCN(CC2CC2)CC1. The van der Waals surface area contributed by atoms with Crippen LogP contribution in [-0.2, 0) is 12.5 Å². The van der Waals surface area contributed by atoms with Crippen LogP contribution in [0.25, 0.3) is 10.9 Å². The molecule has 3 heterocycles. The van der Waals surface area contributed by atoms with Crippen molar-refractivity contribution in [1.29, 1.82) is 0 Å². The molecule has 1 amide bonds. The number of nitrogens with zero attached hydrogens (tertiary/aromatic N) is 3. The summed E-state index contributed by atoms with van der Waals surface area (Å²) in [7, 11) is 3.67. The van der Waals surface area contributed by atoms with Crippen LogP contribution >= 0.6 is 0 Å². The summed E-state index contributed by atoms with van der Waals surface area (Å²) in [6, 6.07) is 11.5. The summed E-state index contributed by atoms with van der Waals surface area (Å²) in [5.41, 5.74) is 3.37. The van der Waals surface area contributed by atoms with E-state index in [0.717, 1.165) is 48.8 Å². The Balaban J connectivity index is 1.48. The maximum Gasteiger partial charge on any atom is 0.254 e. The number of halogens is 1. The van der Waals surface area contributed by atoms with Gasteiger partial charge in [-0.15, -0.1) is 0 Å². The van der Waals surface area contributed by atoms with E-state index in [0.29, 0.717) is 12.1 Å². The Morgan fingerprint density at radius 1 is 1.17 bits per heavy atom. The predicted octanol–water partition coefficient (Wildman–Crippen LogP) is 4.26. The Morgan fingerprint density at radius 2 is 1.94 bits per heavy atom. The van der Waals surface area contributed by atoms with Gasteiger partial charge in [0.2, 0.25) is 0 Å². The number of carbonyl (C=O) groups is 1. The molecule has 0 unspecified atom stereocenters. The van der Waals surface area contributed by atoms with Crippen LogP contribution < -0.4 is 4.74 Å². The van der Waals surface area contributed by atoms with Gasteiger partial charge < -0.3 is 24.2 Å². The van der Waals surface area contributed by atoms with Gasteiger partial charge >= 0.3 is 0 Å². The quantitative estimate of drug-likeness (QED) is 0.580. The third kappa shape index (κ3) is 3.80. The first-order chi connectivity index (χ1) is 17.4. The van der Waals surface area contributed by atoms with Gasteiger partial charge in [-0.3, -0.25) is 4.79 Å². The molecule has 1 aliphatic carbocycles. The molecule has 1 aromatic heterocycles. The molecule has 1 atom stereocenters. The number of aryl methyl sites for hydroxylation is 1. The van der Waals surface area contributed by atoms with E-state index in [1.165, 1.54) is 42.5 Å². The smallest absolute Gasteiger partial charge is 0.254 e. The van der Waals surface area contributed by atoms with Crippen molar-refractivity contribution in [3.8, 4) is 5.75 Å². The Morgan fingerprint density at radius 3 is 2.61 bits per heavy atom. The number of carbonyl (C=O) groups excluding carboxylic acids is 1. The first-order valence-corrected chi connectivity index (χ1v) is 13.0. The topological polar surface area (TPSA) is 57.9 Å². The van der Waals surface area contributed by atoms with E-state index >= 15 is 0 Å². The molecule has 1 spiro atoms. The first-order valence-electron chi connectivity index (χ1n) is 13.0. The lowest BCUT2D eigenvalue weighted by atomic mass is 9.68. The van der Waals surface area contributed by atoms with Crippen molar-refractivity contribution in [3.05, 3.63) is 65.1 Å². The molecular formula is C29H34FN3O3. The molecule has 6 rings (SSSR count). The number of aliphatic hydroxyl groups excluding tert-OH is 1. The van der Waals surface area contributed by atoms with Gasteiger partial charge in [0.1, 0.15) is 11.6 Å². The second kappa shape index (κ2) is 8.89. The summed E-state index contributed by atoms with van der Waals surface area (Å²) in [6.07, 6.45) is 4.57. The zero-order chi connectivity index (χ0) is 25.0. The molecule has 36 heavy (non-hydrogen) atoms. The predicted molar refractivity (Wildman–Crippen MR) is 137 cm³/mol. The lowest BCUT2D eigenvalue weighted by Crippen LogP contribution is -2.55. The Hall–Kier alpha value is -2.90. The van der Waals surface area contributed by atoms with E-state index in [2.05, 4.69) is 15.5 Å². The first kappa shape index (κ1) is 23.5. The van der Waals surface area contributed by atoms with Crippen molar-refractivity contribution in [2.24, 2.45) is 13.0 Å². The van der Waals surface area contributed by atoms with Gasteiger partial charge in [-0.05, 0) is 80.6 Å². The number of likely N-dealkylation sites (tertiary alicyclic amines) is 1. The van der Waals surface area contributed by atoms with Crippen LogP contribution in [0.1, 0.15) is 53.3 Å². The van der Waals surface area contributed by atoms with Gasteiger partial charge in [0.15, 0.2) is 0 Å². The van der Waals surface area contributed by atoms with E-state index in [1.54, 1.807) is 24.1 Å². The molecule has 0 bridgehead atoms. The minimum atomic E-state index is -0.505. The maximum atomic E-state index is 14.0. The number of fused-ring (bicyclic) bond motifs is 4. The summed E-state index contributed by atoms with van der Waals surface area (Å²) >= 11 is 0. The van der Waals surface area contributed by atoms with Crippen LogP contribution in [0.3, 0.4) is 0 Å². The lowest BCUT2D eigenvalue weighted by molar-refractivity contribution is 0.0331. The van der Waals surface area contributed by atoms with Crippen molar-refractivity contribution < 1.29 is 19.0 Å². The number of aliphatic hydroxyl groups is 1. The van der Waals surface area contributed by atoms with Crippen LogP contribution in [-0.4, -0.2) is 65.3 Å². The van der Waals surface area contributed by atoms with Crippen LogP contribution in [0.15, 0.2) is 42.5 Å². The van der Waals surface area contributed by atoms with E-state index in [-0.39, 0.29) is 17.9 Å². The molecule has 1 saturated carbocycles. The van der Waals surface area contributed by atoms with E-state index in [4.69, 9.17) is 4.74 Å². The number of aromatic nitrogens is 1. The number of ether oxygens (including phenoxy) is 1. The van der Waals surface area contributed by atoms with Crippen LogP contribution in [0.4, 0.5) is 4.39 Å². The Kier molecular flexibility index (Phi) is 5.80. The molecule has 2 aliphatic heterocycles. The van der Waals surface area contributed by atoms with Gasteiger partial charge in [0.25, 0.3) is 5.91 Å². The molecule has 190 valence electrons. The van der Waals surface area contributed by atoms with Crippen molar-refractivity contribution >= 4 is 16.8 Å². The molecule has 2 aromatic carbocycles. The Bertz CT molecular complexity index is 1310. The zero-order valence-corrected chi connectivity index (χ0v) is 21.0. The number of benzene rings is 2. The molecule has 2 fully saturated rings. The maximum absolute atomic E-state index is 14.0. The van der Waals surface area contributed by atoms with E-state index < -0.39 is 11.9 Å². The number of amides is 1. The molecule has 7 heteroatoms. The monoisotopic (exact) mass is 491 g/mol. The van der Waals surface area contributed by atoms with Crippen molar-refractivity contribution in [2.45, 2.75) is 37.1 Å². The molecule has 0 radical (unpaired) electrons. The van der Waals surface area contributed by atoms with E-state index in [1.807, 2.05) is 19.2 Å². The number of methoxy groups -OCH3 is 1. The molecular weight excluding hydrogens is 457 g/mol. The zero-order valence-electron chi connectivity index (χ0n) is 21.0. The molecule has 1 saturated heterocycles. The second-order valence-electron chi connectivity index (χ2n) is 10.9. The average molecular weight is 492 g/mol. The normalized spacial score (nSPS) is 21.7. The highest BCUT2D eigenvalue weighted by Crippen LogP contribution is 2.50. The summed E-state index contributed by atoms with van der Waals surface area (Å²) < 4.78 is 21.7. The molecule has 6 nitrogen and oxygen atoms in total. The minimum absolute atomic E-state index is 0.195. The van der Waals surface area contributed by atoms with E-state index in [9.17, 15) is 14.3 Å². The largest absolute Gasteiger partial charge is 0.497 e. The van der Waals surface area contributed by atoms with Crippen LogP contribution in [0.2, 0.25) is 0 Å². The Labute approximate surface area is 211 Å². The fourth-order valence-electron chi connectivity index (χ4n) is 6.60. The third-order valence-corrected chi connectivity index (χ3v) is 8.68. The number of hydrogen-bond acceptors (Lipinski definition) is 4. The highest BCUT2D eigenvalue weighted by Gasteiger charge is 2.49. The lowest BCUT2D eigenvalue weighted by Gasteiger charge is -2.50. The van der Waals surface area contributed by atoms with Crippen LogP contribution in [0.5, 0.6) is 5.75 Å². The van der Waals surface area contributed by atoms with Crippen molar-refractivity contribution in [2.75, 3.05) is 39.9 Å². The summed E-state index contributed by atoms with van der Waals surface area (Å²) in [5, 5.41) is 11.8. The fraction of sp³-hybridized carbons (Fsp3) is 0.483. The highest BCUT2D eigenvalue weighted by molar-refractivity contribution is 5.96. The number of hydrogen-bond donors (Lipinski definition) is 1. The summed E-state index contributed by atoms with van der Waals surface area (Å²) in [5.74, 6) is 0.957. The molecule has 3 aromatic rings. The second-order valence-corrected chi connectivity index (χ2v) is 10.9. The van der Waals surface area contributed by atoms with Crippen LogP contribution in [0, 0.1) is 11.7 Å².